The average molecular weight is 457 g/mol. The van der Waals surface area contributed by atoms with Crippen LogP contribution in [0.3, 0.4) is 0 Å². The molecule has 9 nitrogen and oxygen atoms in total. The minimum absolute atomic E-state index is 0.181. The first-order chi connectivity index (χ1) is 16.4. The highest BCUT2D eigenvalue weighted by atomic mass is 16.4. The number of amides is 2. The zero-order valence-corrected chi connectivity index (χ0v) is 18.5. The van der Waals surface area contributed by atoms with Crippen LogP contribution >= 0.6 is 0 Å². The predicted octanol–water partition coefficient (Wildman–Crippen LogP) is 4.09. The normalized spacial score (nSPS) is 10.6. The molecule has 0 aliphatic carbocycles. The molecular formula is C25H24N6O3. The monoisotopic (exact) mass is 456 g/mol. The number of hydrogen-bond acceptors (Lipinski definition) is 5. The van der Waals surface area contributed by atoms with E-state index in [0.717, 1.165) is 22.4 Å². The number of aryl methyl sites for hydroxylation is 1. The lowest BCUT2D eigenvalue weighted by Gasteiger charge is -2.19. The van der Waals surface area contributed by atoms with Crippen LogP contribution < -0.4 is 11.1 Å². The second-order valence-electron chi connectivity index (χ2n) is 7.87. The number of nitrogen functional groups attached to an aromatic ring is 1. The molecule has 4 N–H and O–H groups in total. The molecule has 4 rings (SSSR count). The molecule has 0 atom stereocenters. The molecule has 0 saturated carbocycles. The molecule has 172 valence electrons. The molecule has 0 radical (unpaired) electrons. The van der Waals surface area contributed by atoms with Crippen molar-refractivity contribution in [3.05, 3.63) is 102 Å². The number of benzene rings is 2. The lowest BCUT2D eigenvalue weighted by Crippen LogP contribution is -2.28. The van der Waals surface area contributed by atoms with Gasteiger partial charge >= 0.3 is 6.09 Å². The van der Waals surface area contributed by atoms with Crippen LogP contribution in [0.4, 0.5) is 16.3 Å². The molecule has 0 unspecified atom stereocenters. The Kier molecular flexibility index (Phi) is 6.54. The van der Waals surface area contributed by atoms with Crippen LogP contribution in [0.5, 0.6) is 0 Å². The van der Waals surface area contributed by atoms with Crippen molar-refractivity contribution in [2.45, 2.75) is 20.0 Å². The Morgan fingerprint density at radius 1 is 1.06 bits per heavy atom. The van der Waals surface area contributed by atoms with E-state index in [2.05, 4.69) is 15.4 Å². The first kappa shape index (κ1) is 22.5. The molecule has 34 heavy (non-hydrogen) atoms. The maximum atomic E-state index is 12.7. The van der Waals surface area contributed by atoms with Gasteiger partial charge in [0.25, 0.3) is 5.91 Å². The van der Waals surface area contributed by atoms with Gasteiger partial charge in [-0.05, 0) is 53.9 Å². The number of nitrogens with two attached hydrogens (primary N) is 1. The van der Waals surface area contributed by atoms with Gasteiger partial charge in [-0.15, -0.1) is 5.10 Å². The minimum Gasteiger partial charge on any atom is -0.465 e. The van der Waals surface area contributed by atoms with Gasteiger partial charge in [0.1, 0.15) is 0 Å². The van der Waals surface area contributed by atoms with Gasteiger partial charge in [-0.3, -0.25) is 14.7 Å². The first-order valence-corrected chi connectivity index (χ1v) is 10.6. The summed E-state index contributed by atoms with van der Waals surface area (Å²) in [5.74, 6) is -0.0951. The van der Waals surface area contributed by atoms with Gasteiger partial charge in [0.2, 0.25) is 0 Å². The van der Waals surface area contributed by atoms with E-state index in [1.54, 1.807) is 53.6 Å². The number of nitrogens with zero attached hydrogens (tertiary/aromatic N) is 4. The quantitative estimate of drug-likeness (QED) is 0.384. The topological polar surface area (TPSA) is 126 Å². The smallest absolute Gasteiger partial charge is 0.407 e. The molecule has 4 aromatic rings. The van der Waals surface area contributed by atoms with Crippen LogP contribution in [0.1, 0.15) is 27.0 Å². The Bertz CT molecular complexity index is 1300. The lowest BCUT2D eigenvalue weighted by atomic mass is 10.1. The number of carbonyl (C=O) groups excluding carboxylic acids is 1. The average Bonchev–Trinajstić information content (AvgIpc) is 3.20. The Balaban J connectivity index is 1.42. The summed E-state index contributed by atoms with van der Waals surface area (Å²) < 4.78 is 1.61. The van der Waals surface area contributed by atoms with Gasteiger partial charge in [-0.25, -0.2) is 9.48 Å². The minimum atomic E-state index is -1.04. The molecule has 0 bridgehead atoms. The summed E-state index contributed by atoms with van der Waals surface area (Å²) in [5.41, 5.74) is 10.3. The second-order valence-corrected chi connectivity index (χ2v) is 7.87. The Morgan fingerprint density at radius 2 is 1.82 bits per heavy atom. The SMILES string of the molecule is Cc1cccc(-n2cc(N)c(NC(=O)c3ccc(CN(Cc4cccnc4)C(=O)O)cc3)n2)c1. The third-order valence-electron chi connectivity index (χ3n) is 5.20. The third-order valence-corrected chi connectivity index (χ3v) is 5.20. The van der Waals surface area contributed by atoms with Gasteiger partial charge in [-0.2, -0.15) is 0 Å². The number of carboxylic acid groups (broad SMARTS) is 1. The summed E-state index contributed by atoms with van der Waals surface area (Å²) in [4.78, 5) is 29.7. The summed E-state index contributed by atoms with van der Waals surface area (Å²) in [6, 6.07) is 18.1. The molecular weight excluding hydrogens is 432 g/mol. The van der Waals surface area contributed by atoms with Crippen LogP contribution in [-0.4, -0.2) is 36.8 Å². The lowest BCUT2D eigenvalue weighted by molar-refractivity contribution is 0.102. The molecule has 2 aromatic carbocycles. The highest BCUT2D eigenvalue weighted by Gasteiger charge is 2.15. The van der Waals surface area contributed by atoms with Crippen molar-refractivity contribution in [3.8, 4) is 5.69 Å². The Morgan fingerprint density at radius 3 is 2.50 bits per heavy atom. The zero-order chi connectivity index (χ0) is 24.1. The number of nitrogens with one attached hydrogen (secondary N) is 1. The van der Waals surface area contributed by atoms with Crippen molar-refractivity contribution in [3.63, 3.8) is 0 Å². The molecule has 0 aliphatic heterocycles. The molecule has 2 heterocycles. The summed E-state index contributed by atoms with van der Waals surface area (Å²) >= 11 is 0. The van der Waals surface area contributed by atoms with Crippen LogP contribution in [-0.2, 0) is 13.1 Å². The van der Waals surface area contributed by atoms with Crippen molar-refractivity contribution in [1.29, 1.82) is 0 Å². The number of hydrogen-bond donors (Lipinski definition) is 3. The maximum Gasteiger partial charge on any atom is 0.407 e. The number of rotatable bonds is 7. The maximum absolute atomic E-state index is 12.7. The number of pyridine rings is 1. The molecule has 2 amide bonds. The van der Waals surface area contributed by atoms with E-state index in [1.807, 2.05) is 37.3 Å². The van der Waals surface area contributed by atoms with Crippen LogP contribution in [0.15, 0.2) is 79.3 Å². The second kappa shape index (κ2) is 9.86. The van der Waals surface area contributed by atoms with Gasteiger partial charge in [0.05, 0.1) is 24.1 Å². The fourth-order valence-corrected chi connectivity index (χ4v) is 3.45. The number of anilines is 2. The van der Waals surface area contributed by atoms with E-state index in [4.69, 9.17) is 5.73 Å². The van der Waals surface area contributed by atoms with E-state index in [0.29, 0.717) is 11.3 Å². The van der Waals surface area contributed by atoms with Crippen molar-refractivity contribution in [2.24, 2.45) is 0 Å². The first-order valence-electron chi connectivity index (χ1n) is 10.6. The van der Waals surface area contributed by atoms with E-state index < -0.39 is 6.09 Å². The number of carbonyl (C=O) groups is 2. The van der Waals surface area contributed by atoms with E-state index in [-0.39, 0.29) is 24.8 Å². The fraction of sp³-hybridized carbons (Fsp3) is 0.120. The van der Waals surface area contributed by atoms with Gasteiger partial charge in [0, 0.05) is 24.5 Å². The van der Waals surface area contributed by atoms with Crippen LogP contribution in [0.2, 0.25) is 0 Å². The molecule has 0 spiro atoms. The van der Waals surface area contributed by atoms with Crippen LogP contribution in [0, 0.1) is 6.92 Å². The van der Waals surface area contributed by atoms with Gasteiger partial charge in [0.15, 0.2) is 5.82 Å². The van der Waals surface area contributed by atoms with E-state index >= 15 is 0 Å². The van der Waals surface area contributed by atoms with Crippen molar-refractivity contribution in [2.75, 3.05) is 11.1 Å². The van der Waals surface area contributed by atoms with Gasteiger partial charge < -0.3 is 16.2 Å². The largest absolute Gasteiger partial charge is 0.465 e. The predicted molar refractivity (Wildman–Crippen MR) is 129 cm³/mol. The third kappa shape index (κ3) is 5.39. The highest BCUT2D eigenvalue weighted by molar-refractivity contribution is 6.05. The summed E-state index contributed by atoms with van der Waals surface area (Å²) in [5, 5.41) is 16.7. The Labute approximate surface area is 196 Å². The van der Waals surface area contributed by atoms with Crippen molar-refractivity contribution in [1.82, 2.24) is 19.7 Å². The molecule has 0 aliphatic rings. The highest BCUT2D eigenvalue weighted by Crippen LogP contribution is 2.20. The van der Waals surface area contributed by atoms with Gasteiger partial charge in [-0.1, -0.05) is 30.3 Å². The molecule has 9 heteroatoms. The standard InChI is InChI=1S/C25H24N6O3/c1-17-4-2-6-21(12-17)31-16-22(26)23(29-31)28-24(32)20-9-7-18(8-10-20)14-30(25(33)34)15-19-5-3-11-27-13-19/h2-13,16H,14-15,26H2,1H3,(H,33,34)(H,28,29,32). The fourth-order valence-electron chi connectivity index (χ4n) is 3.45. The van der Waals surface area contributed by atoms with Crippen molar-refractivity contribution >= 4 is 23.5 Å². The Hall–Kier alpha value is -4.66. The summed E-state index contributed by atoms with van der Waals surface area (Å²) in [7, 11) is 0. The molecule has 0 saturated heterocycles. The van der Waals surface area contributed by atoms with Crippen LogP contribution in [0.25, 0.3) is 5.69 Å². The molecule has 2 aromatic heterocycles. The van der Waals surface area contributed by atoms with E-state index in [9.17, 15) is 14.7 Å². The van der Waals surface area contributed by atoms with Crippen molar-refractivity contribution < 1.29 is 14.7 Å². The summed E-state index contributed by atoms with van der Waals surface area (Å²) in [6.07, 6.45) is 3.88. The van der Waals surface area contributed by atoms with E-state index in [1.165, 1.54) is 4.90 Å². The zero-order valence-electron chi connectivity index (χ0n) is 18.5. The number of aromatic nitrogens is 3. The summed E-state index contributed by atoms with van der Waals surface area (Å²) in [6.45, 7) is 2.38. The molecule has 0 fully saturated rings.